The van der Waals surface area contributed by atoms with Gasteiger partial charge < -0.3 is 5.32 Å². The lowest BCUT2D eigenvalue weighted by Gasteiger charge is -2.41. The van der Waals surface area contributed by atoms with Crippen molar-refractivity contribution in [1.29, 1.82) is 0 Å². The van der Waals surface area contributed by atoms with Gasteiger partial charge in [-0.3, -0.25) is 4.90 Å². The highest BCUT2D eigenvalue weighted by molar-refractivity contribution is 4.86. The molecule has 0 amide bonds. The lowest BCUT2D eigenvalue weighted by atomic mass is 9.84. The van der Waals surface area contributed by atoms with Crippen LogP contribution < -0.4 is 5.32 Å². The molecule has 5 heteroatoms. The van der Waals surface area contributed by atoms with Crippen LogP contribution in [0.2, 0.25) is 0 Å². The number of nitrogens with one attached hydrogen (secondary N) is 1. The largest absolute Gasteiger partial charge is 0.391 e. The van der Waals surface area contributed by atoms with E-state index in [0.29, 0.717) is 37.8 Å². The second kappa shape index (κ2) is 5.14. The Labute approximate surface area is 101 Å². The summed E-state index contributed by atoms with van der Waals surface area (Å²) in [7, 11) is 0. The Hall–Kier alpha value is -0.290. The predicted molar refractivity (Wildman–Crippen MR) is 60.8 cm³/mol. The first-order valence-corrected chi connectivity index (χ1v) is 6.51. The SMILES string of the molecule is CC1CN(C2CCC(C(F)(F)F)CC2)CCN1. The van der Waals surface area contributed by atoms with Crippen molar-refractivity contribution in [2.45, 2.75) is 50.9 Å². The van der Waals surface area contributed by atoms with Gasteiger partial charge in [0.2, 0.25) is 0 Å². The Morgan fingerprint density at radius 2 is 1.76 bits per heavy atom. The van der Waals surface area contributed by atoms with E-state index in [-0.39, 0.29) is 0 Å². The average Bonchev–Trinajstić information content (AvgIpc) is 2.28. The highest BCUT2D eigenvalue weighted by atomic mass is 19.4. The van der Waals surface area contributed by atoms with Crippen LogP contribution >= 0.6 is 0 Å². The van der Waals surface area contributed by atoms with E-state index >= 15 is 0 Å². The topological polar surface area (TPSA) is 15.3 Å². The third-order valence-corrected chi connectivity index (χ3v) is 4.08. The monoisotopic (exact) mass is 250 g/mol. The third-order valence-electron chi connectivity index (χ3n) is 4.08. The number of halogens is 3. The van der Waals surface area contributed by atoms with Crippen molar-refractivity contribution < 1.29 is 13.2 Å². The van der Waals surface area contributed by atoms with Crippen molar-refractivity contribution >= 4 is 0 Å². The molecule has 2 nitrogen and oxygen atoms in total. The molecule has 1 atom stereocenters. The predicted octanol–water partition coefficient (Wildman–Crippen LogP) is 2.40. The van der Waals surface area contributed by atoms with Gasteiger partial charge in [-0.05, 0) is 32.6 Å². The van der Waals surface area contributed by atoms with E-state index in [2.05, 4.69) is 17.1 Å². The first kappa shape index (κ1) is 13.1. The molecule has 1 N–H and O–H groups in total. The van der Waals surface area contributed by atoms with Crippen molar-refractivity contribution in [3.63, 3.8) is 0 Å². The van der Waals surface area contributed by atoms with Crippen molar-refractivity contribution in [3.8, 4) is 0 Å². The van der Waals surface area contributed by atoms with Gasteiger partial charge in [0.1, 0.15) is 0 Å². The van der Waals surface area contributed by atoms with Gasteiger partial charge in [0.05, 0.1) is 5.92 Å². The third kappa shape index (κ3) is 3.35. The maximum atomic E-state index is 12.5. The maximum Gasteiger partial charge on any atom is 0.391 e. The van der Waals surface area contributed by atoms with Crippen molar-refractivity contribution in [1.82, 2.24) is 10.2 Å². The molecule has 0 radical (unpaired) electrons. The minimum atomic E-state index is -3.98. The van der Waals surface area contributed by atoms with Crippen LogP contribution in [0.4, 0.5) is 13.2 Å². The van der Waals surface area contributed by atoms with Crippen molar-refractivity contribution in [2.75, 3.05) is 19.6 Å². The quantitative estimate of drug-likeness (QED) is 0.768. The Morgan fingerprint density at radius 1 is 1.12 bits per heavy atom. The smallest absolute Gasteiger partial charge is 0.312 e. The second-order valence-electron chi connectivity index (χ2n) is 5.40. The molecule has 0 aromatic rings. The number of hydrogen-bond donors (Lipinski definition) is 1. The zero-order chi connectivity index (χ0) is 12.5. The van der Waals surface area contributed by atoms with E-state index in [1.54, 1.807) is 0 Å². The van der Waals surface area contributed by atoms with Crippen LogP contribution in [0.5, 0.6) is 0 Å². The first-order valence-electron chi connectivity index (χ1n) is 6.51. The van der Waals surface area contributed by atoms with Gasteiger partial charge in [-0.25, -0.2) is 0 Å². The molecule has 2 fully saturated rings. The summed E-state index contributed by atoms with van der Waals surface area (Å²) < 4.78 is 37.6. The summed E-state index contributed by atoms with van der Waals surface area (Å²) in [6.07, 6.45) is -1.95. The fraction of sp³-hybridized carbons (Fsp3) is 1.00. The van der Waals surface area contributed by atoms with Crippen LogP contribution in [0.3, 0.4) is 0 Å². The minimum Gasteiger partial charge on any atom is -0.312 e. The summed E-state index contributed by atoms with van der Waals surface area (Å²) in [6.45, 7) is 5.04. The number of rotatable bonds is 1. The van der Waals surface area contributed by atoms with E-state index in [1.165, 1.54) is 0 Å². The molecule has 0 bridgehead atoms. The Kier molecular flexibility index (Phi) is 3.98. The van der Waals surface area contributed by atoms with Gasteiger partial charge in [-0.1, -0.05) is 0 Å². The zero-order valence-corrected chi connectivity index (χ0v) is 10.3. The van der Waals surface area contributed by atoms with Crippen LogP contribution in [-0.2, 0) is 0 Å². The van der Waals surface area contributed by atoms with Gasteiger partial charge in [0.25, 0.3) is 0 Å². The van der Waals surface area contributed by atoms with Crippen LogP contribution in [-0.4, -0.2) is 42.8 Å². The summed E-state index contributed by atoms with van der Waals surface area (Å²) in [6, 6.07) is 0.835. The molecule has 1 saturated carbocycles. The highest BCUT2D eigenvalue weighted by Crippen LogP contribution is 2.38. The Morgan fingerprint density at radius 3 is 2.29 bits per heavy atom. The van der Waals surface area contributed by atoms with Crippen LogP contribution in [0, 0.1) is 5.92 Å². The molecule has 0 aromatic heterocycles. The molecule has 1 aliphatic heterocycles. The Balaban J connectivity index is 1.82. The molecule has 1 aliphatic carbocycles. The maximum absolute atomic E-state index is 12.5. The lowest BCUT2D eigenvalue weighted by Crippen LogP contribution is -2.53. The van der Waals surface area contributed by atoms with Crippen LogP contribution in [0.1, 0.15) is 32.6 Å². The zero-order valence-electron chi connectivity index (χ0n) is 10.3. The molecule has 2 rings (SSSR count). The van der Waals surface area contributed by atoms with E-state index in [0.717, 1.165) is 19.6 Å². The highest BCUT2D eigenvalue weighted by Gasteiger charge is 2.42. The fourth-order valence-electron chi connectivity index (χ4n) is 3.06. The Bertz CT molecular complexity index is 247. The van der Waals surface area contributed by atoms with Gasteiger partial charge in [-0.2, -0.15) is 13.2 Å². The van der Waals surface area contributed by atoms with Crippen molar-refractivity contribution in [2.24, 2.45) is 5.92 Å². The molecular formula is C12H21F3N2. The minimum absolute atomic E-state index is 0.312. The molecular weight excluding hydrogens is 229 g/mol. The van der Waals surface area contributed by atoms with Gasteiger partial charge in [0, 0.05) is 31.7 Å². The van der Waals surface area contributed by atoms with Crippen LogP contribution in [0.15, 0.2) is 0 Å². The fourth-order valence-corrected chi connectivity index (χ4v) is 3.06. The number of nitrogens with zero attached hydrogens (tertiary/aromatic N) is 1. The summed E-state index contributed by atoms with van der Waals surface area (Å²) >= 11 is 0. The second-order valence-corrected chi connectivity index (χ2v) is 5.40. The van der Waals surface area contributed by atoms with Crippen molar-refractivity contribution in [3.05, 3.63) is 0 Å². The number of piperazine rings is 1. The first-order chi connectivity index (χ1) is 7.97. The summed E-state index contributed by atoms with van der Waals surface area (Å²) in [4.78, 5) is 2.37. The molecule has 100 valence electrons. The van der Waals surface area contributed by atoms with Gasteiger partial charge in [-0.15, -0.1) is 0 Å². The normalized spacial score (nSPS) is 37.1. The van der Waals surface area contributed by atoms with E-state index in [9.17, 15) is 13.2 Å². The molecule has 1 heterocycles. The molecule has 17 heavy (non-hydrogen) atoms. The van der Waals surface area contributed by atoms with Gasteiger partial charge in [0.15, 0.2) is 0 Å². The molecule has 1 saturated heterocycles. The lowest BCUT2D eigenvalue weighted by molar-refractivity contribution is -0.184. The summed E-state index contributed by atoms with van der Waals surface area (Å²) in [5.74, 6) is -1.06. The molecule has 0 spiro atoms. The van der Waals surface area contributed by atoms with E-state index in [4.69, 9.17) is 0 Å². The average molecular weight is 250 g/mol. The number of hydrogen-bond acceptors (Lipinski definition) is 2. The van der Waals surface area contributed by atoms with Crippen LogP contribution in [0.25, 0.3) is 0 Å². The number of alkyl halides is 3. The van der Waals surface area contributed by atoms with Gasteiger partial charge >= 0.3 is 6.18 Å². The molecule has 2 aliphatic rings. The van der Waals surface area contributed by atoms with E-state index < -0.39 is 12.1 Å². The summed E-state index contributed by atoms with van der Waals surface area (Å²) in [5, 5.41) is 3.36. The molecule has 1 unspecified atom stereocenters. The summed E-state index contributed by atoms with van der Waals surface area (Å²) in [5.41, 5.74) is 0. The standard InChI is InChI=1S/C12H21F3N2/c1-9-8-17(7-6-16-9)11-4-2-10(3-5-11)12(13,14)15/h9-11,16H,2-8H2,1H3. The molecule has 0 aromatic carbocycles. The van der Waals surface area contributed by atoms with E-state index in [1.807, 2.05) is 0 Å².